The molecule has 0 aliphatic heterocycles. The Hall–Kier alpha value is 0.0900. The van der Waals surface area contributed by atoms with Crippen molar-refractivity contribution in [3.8, 4) is 0 Å². The SMILES string of the molecule is O=C(NCCCOCC1CC1)c1cc(Br)c(Br)s1. The van der Waals surface area contributed by atoms with Crippen molar-refractivity contribution in [2.24, 2.45) is 5.92 Å². The van der Waals surface area contributed by atoms with Gasteiger partial charge in [0.05, 0.1) is 8.66 Å². The zero-order valence-electron chi connectivity index (χ0n) is 9.88. The number of amides is 1. The second-order valence-corrected chi connectivity index (χ2v) is 7.58. The standard InChI is InChI=1S/C12H15Br2NO2S/c13-9-6-10(18-11(9)14)12(16)15-4-1-5-17-7-8-2-3-8/h6,8H,1-5,7H2,(H,15,16). The molecule has 1 fully saturated rings. The third-order valence-corrected chi connectivity index (χ3v) is 5.93. The molecule has 1 N–H and O–H groups in total. The van der Waals surface area contributed by atoms with Gasteiger partial charge in [-0.15, -0.1) is 11.3 Å². The summed E-state index contributed by atoms with van der Waals surface area (Å²) in [6.45, 7) is 2.28. The highest BCUT2D eigenvalue weighted by atomic mass is 79.9. The molecule has 1 heterocycles. The first kappa shape index (κ1) is 14.5. The molecule has 0 unspecified atom stereocenters. The Morgan fingerprint density at radius 1 is 1.50 bits per heavy atom. The van der Waals surface area contributed by atoms with Crippen molar-refractivity contribution in [2.75, 3.05) is 19.8 Å². The number of rotatable bonds is 7. The number of carbonyl (C=O) groups is 1. The molecular weight excluding hydrogens is 382 g/mol. The molecule has 1 aromatic heterocycles. The number of thiophene rings is 1. The van der Waals surface area contributed by atoms with Gasteiger partial charge < -0.3 is 10.1 Å². The average Bonchev–Trinajstić information content (AvgIpc) is 3.10. The normalized spacial score (nSPS) is 14.8. The van der Waals surface area contributed by atoms with Gasteiger partial charge in [-0.05, 0) is 63.1 Å². The maximum absolute atomic E-state index is 11.8. The average molecular weight is 397 g/mol. The van der Waals surface area contributed by atoms with Gasteiger partial charge in [0.2, 0.25) is 0 Å². The summed E-state index contributed by atoms with van der Waals surface area (Å²) in [6.07, 6.45) is 3.50. The van der Waals surface area contributed by atoms with Crippen molar-refractivity contribution in [3.63, 3.8) is 0 Å². The highest BCUT2D eigenvalue weighted by molar-refractivity contribution is 9.13. The van der Waals surface area contributed by atoms with Crippen LogP contribution in [0.1, 0.15) is 28.9 Å². The molecule has 1 aliphatic rings. The maximum atomic E-state index is 11.8. The summed E-state index contributed by atoms with van der Waals surface area (Å²) in [5.41, 5.74) is 0. The van der Waals surface area contributed by atoms with Gasteiger partial charge in [0, 0.05) is 24.2 Å². The van der Waals surface area contributed by atoms with Crippen LogP contribution in [0.15, 0.2) is 14.3 Å². The number of halogens is 2. The molecule has 1 amide bonds. The fourth-order valence-corrected chi connectivity index (χ4v) is 3.41. The summed E-state index contributed by atoms with van der Waals surface area (Å²) in [6, 6.07) is 1.83. The minimum absolute atomic E-state index is 0.0198. The van der Waals surface area contributed by atoms with E-state index in [0.29, 0.717) is 11.4 Å². The lowest BCUT2D eigenvalue weighted by Gasteiger charge is -2.04. The molecule has 0 saturated heterocycles. The van der Waals surface area contributed by atoms with Crippen LogP contribution in [0.4, 0.5) is 0 Å². The topological polar surface area (TPSA) is 38.3 Å². The third kappa shape index (κ3) is 4.64. The van der Waals surface area contributed by atoms with Crippen molar-refractivity contribution < 1.29 is 9.53 Å². The van der Waals surface area contributed by atoms with E-state index in [0.717, 1.165) is 33.8 Å². The zero-order valence-corrected chi connectivity index (χ0v) is 13.9. The van der Waals surface area contributed by atoms with Crippen LogP contribution in [-0.4, -0.2) is 25.7 Å². The van der Waals surface area contributed by atoms with E-state index in [1.807, 2.05) is 6.07 Å². The summed E-state index contributed by atoms with van der Waals surface area (Å²) in [5, 5.41) is 2.89. The van der Waals surface area contributed by atoms with Crippen LogP contribution in [0.3, 0.4) is 0 Å². The van der Waals surface area contributed by atoms with Gasteiger partial charge in [0.1, 0.15) is 0 Å². The molecular formula is C12H15Br2NO2S. The first-order chi connectivity index (χ1) is 8.66. The predicted molar refractivity (Wildman–Crippen MR) is 80.2 cm³/mol. The van der Waals surface area contributed by atoms with Crippen LogP contribution in [-0.2, 0) is 4.74 Å². The van der Waals surface area contributed by atoms with Crippen molar-refractivity contribution >= 4 is 49.1 Å². The number of nitrogens with one attached hydrogen (secondary N) is 1. The lowest BCUT2D eigenvalue weighted by molar-refractivity contribution is 0.0941. The number of ether oxygens (including phenoxy) is 1. The van der Waals surface area contributed by atoms with Crippen molar-refractivity contribution in [1.82, 2.24) is 5.32 Å². The molecule has 1 aromatic rings. The minimum Gasteiger partial charge on any atom is -0.381 e. The fourth-order valence-electron chi connectivity index (χ4n) is 1.46. The monoisotopic (exact) mass is 395 g/mol. The first-order valence-corrected chi connectivity index (χ1v) is 8.38. The lowest BCUT2D eigenvalue weighted by Crippen LogP contribution is -2.24. The van der Waals surface area contributed by atoms with Crippen LogP contribution < -0.4 is 5.32 Å². The van der Waals surface area contributed by atoms with Crippen LogP contribution in [0, 0.1) is 5.92 Å². The summed E-state index contributed by atoms with van der Waals surface area (Å²) in [4.78, 5) is 12.5. The van der Waals surface area contributed by atoms with E-state index in [1.165, 1.54) is 24.2 Å². The van der Waals surface area contributed by atoms with E-state index >= 15 is 0 Å². The first-order valence-electron chi connectivity index (χ1n) is 5.97. The lowest BCUT2D eigenvalue weighted by atomic mass is 10.4. The van der Waals surface area contributed by atoms with Crippen LogP contribution in [0.25, 0.3) is 0 Å². The Balaban J connectivity index is 1.59. The quantitative estimate of drug-likeness (QED) is 0.711. The van der Waals surface area contributed by atoms with E-state index in [2.05, 4.69) is 37.2 Å². The van der Waals surface area contributed by atoms with Crippen molar-refractivity contribution in [3.05, 3.63) is 19.2 Å². The maximum Gasteiger partial charge on any atom is 0.261 e. The molecule has 0 bridgehead atoms. The molecule has 2 rings (SSSR count). The van der Waals surface area contributed by atoms with Gasteiger partial charge in [0.15, 0.2) is 0 Å². The van der Waals surface area contributed by atoms with E-state index < -0.39 is 0 Å². The van der Waals surface area contributed by atoms with Crippen molar-refractivity contribution in [2.45, 2.75) is 19.3 Å². The fraction of sp³-hybridized carbons (Fsp3) is 0.583. The van der Waals surface area contributed by atoms with Gasteiger partial charge in [-0.2, -0.15) is 0 Å². The second kappa shape index (κ2) is 7.03. The Bertz CT molecular complexity index is 399. The largest absolute Gasteiger partial charge is 0.381 e. The number of hydrogen-bond donors (Lipinski definition) is 1. The molecule has 1 aliphatic carbocycles. The van der Waals surface area contributed by atoms with Crippen molar-refractivity contribution in [1.29, 1.82) is 0 Å². The zero-order chi connectivity index (χ0) is 13.0. The summed E-state index contributed by atoms with van der Waals surface area (Å²) >= 11 is 8.18. The van der Waals surface area contributed by atoms with E-state index in [-0.39, 0.29) is 5.91 Å². The van der Waals surface area contributed by atoms with Gasteiger partial charge in [-0.3, -0.25) is 4.79 Å². The van der Waals surface area contributed by atoms with E-state index in [9.17, 15) is 4.79 Å². The molecule has 0 atom stereocenters. The Kier molecular flexibility index (Phi) is 5.66. The third-order valence-electron chi connectivity index (χ3n) is 2.67. The summed E-state index contributed by atoms with van der Waals surface area (Å²) < 4.78 is 7.37. The van der Waals surface area contributed by atoms with Gasteiger partial charge >= 0.3 is 0 Å². The number of hydrogen-bond acceptors (Lipinski definition) is 3. The highest BCUT2D eigenvalue weighted by Gasteiger charge is 2.20. The molecule has 1 saturated carbocycles. The Morgan fingerprint density at radius 3 is 2.89 bits per heavy atom. The van der Waals surface area contributed by atoms with Crippen LogP contribution in [0.2, 0.25) is 0 Å². The Labute approximate surface area is 128 Å². The molecule has 0 spiro atoms. The Morgan fingerprint density at radius 2 is 2.28 bits per heavy atom. The summed E-state index contributed by atoms with van der Waals surface area (Å²) in [7, 11) is 0. The van der Waals surface area contributed by atoms with Gasteiger partial charge in [0.25, 0.3) is 5.91 Å². The molecule has 3 nitrogen and oxygen atoms in total. The predicted octanol–water partition coefficient (Wildman–Crippen LogP) is 3.82. The molecule has 100 valence electrons. The highest BCUT2D eigenvalue weighted by Crippen LogP contribution is 2.32. The minimum atomic E-state index is -0.0198. The van der Waals surface area contributed by atoms with E-state index in [4.69, 9.17) is 4.74 Å². The van der Waals surface area contributed by atoms with Crippen LogP contribution in [0.5, 0.6) is 0 Å². The number of carbonyl (C=O) groups excluding carboxylic acids is 1. The van der Waals surface area contributed by atoms with Crippen LogP contribution >= 0.6 is 43.2 Å². The van der Waals surface area contributed by atoms with E-state index in [1.54, 1.807) is 0 Å². The summed E-state index contributed by atoms with van der Waals surface area (Å²) in [5.74, 6) is 0.786. The molecule has 0 aromatic carbocycles. The molecule has 18 heavy (non-hydrogen) atoms. The van der Waals surface area contributed by atoms with Gasteiger partial charge in [-0.25, -0.2) is 0 Å². The second-order valence-electron chi connectivity index (χ2n) is 4.36. The van der Waals surface area contributed by atoms with Gasteiger partial charge in [-0.1, -0.05) is 0 Å². The smallest absolute Gasteiger partial charge is 0.261 e. The molecule has 6 heteroatoms. The molecule has 0 radical (unpaired) electrons.